The van der Waals surface area contributed by atoms with Gasteiger partial charge in [0.25, 0.3) is 0 Å². The number of benzene rings is 4. The normalized spacial score (nSPS) is 24.5. The van der Waals surface area contributed by atoms with Crippen molar-refractivity contribution in [3.05, 3.63) is 118 Å². The Morgan fingerprint density at radius 3 is 1.74 bits per heavy atom. The highest BCUT2D eigenvalue weighted by Crippen LogP contribution is 2.51. The predicted molar refractivity (Wildman–Crippen MR) is 213 cm³/mol. The lowest BCUT2D eigenvalue weighted by atomic mass is 9.74. The van der Waals surface area contributed by atoms with Crippen LogP contribution in [0.3, 0.4) is 0 Å². The van der Waals surface area contributed by atoms with Crippen LogP contribution < -0.4 is 20.4 Å². The zero-order valence-electron chi connectivity index (χ0n) is 31.8. The molecular weight excluding hydrogens is 729 g/mol. The third kappa shape index (κ3) is 5.84. The summed E-state index contributed by atoms with van der Waals surface area (Å²) in [7, 11) is 0. The van der Waals surface area contributed by atoms with Crippen molar-refractivity contribution >= 4 is 33.4 Å². The molecule has 1 aliphatic carbocycles. The minimum Gasteiger partial charge on any atom is -0.367 e. The molecule has 6 aromatic rings. The first-order chi connectivity index (χ1) is 27.8. The number of hydrogen-bond donors (Lipinski definition) is 4. The van der Waals surface area contributed by atoms with Crippen LogP contribution in [0.25, 0.3) is 22.1 Å². The fourth-order valence-corrected chi connectivity index (χ4v) is 11.0. The second kappa shape index (κ2) is 13.6. The molecule has 0 amide bonds. The highest BCUT2D eigenvalue weighted by Gasteiger charge is 2.43. The van der Waals surface area contributed by atoms with Crippen LogP contribution in [0.5, 0.6) is 0 Å². The molecule has 0 unspecified atom stereocenters. The van der Waals surface area contributed by atoms with Gasteiger partial charge < -0.3 is 30.4 Å². The summed E-state index contributed by atoms with van der Waals surface area (Å²) < 4.78 is 65.9. The summed E-state index contributed by atoms with van der Waals surface area (Å²) >= 11 is 0. The number of halogens is 4. The summed E-state index contributed by atoms with van der Waals surface area (Å²) in [6.07, 6.45) is 8.58. The number of rotatable bonds is 6. The van der Waals surface area contributed by atoms with Crippen LogP contribution in [-0.2, 0) is 11.8 Å². The van der Waals surface area contributed by atoms with Crippen molar-refractivity contribution in [2.45, 2.75) is 93.8 Å². The minimum absolute atomic E-state index is 0.0385. The lowest BCUT2D eigenvalue weighted by molar-refractivity contribution is 0.327. The van der Waals surface area contributed by atoms with Gasteiger partial charge in [-0.25, -0.2) is 27.5 Å². The van der Waals surface area contributed by atoms with Crippen molar-refractivity contribution in [3.8, 4) is 0 Å². The Morgan fingerprint density at radius 1 is 0.632 bits per heavy atom. The van der Waals surface area contributed by atoms with Crippen LogP contribution >= 0.6 is 0 Å². The zero-order valence-corrected chi connectivity index (χ0v) is 31.8. The third-order valence-corrected chi connectivity index (χ3v) is 13.9. The van der Waals surface area contributed by atoms with Crippen LogP contribution in [0, 0.1) is 23.3 Å². The Kier molecular flexibility index (Phi) is 8.40. The average Bonchev–Trinajstić information content (AvgIpc) is 4.07. The van der Waals surface area contributed by atoms with E-state index in [1.165, 1.54) is 35.4 Å². The van der Waals surface area contributed by atoms with Crippen molar-refractivity contribution in [1.82, 2.24) is 30.6 Å². The molecular formula is C45H46F4N8. The molecule has 6 heterocycles. The molecule has 4 fully saturated rings. The van der Waals surface area contributed by atoms with Crippen molar-refractivity contribution in [3.63, 3.8) is 0 Å². The standard InChI is InChI=1S/C45H46F4N8/c46-30-23-38-36(52-43(54-38)34-7-3-15-50-34)21-27(30)40-9-10-41(28-22-37-39(24-31(28)47)55-44(53-37)35-8-4-16-51-35)57(40)26-19-32(48)42(33(49)20-26)56-17-13-45(14-18-56)12-11-25-5-1-2-6-29(25)45/h1-2,5-6,19-24,34-35,40-41,50-51H,3-4,7-18H2,(H,52,54)(H,53,55)/t34-,35-,40-,41+/m0/s1. The monoisotopic (exact) mass is 774 g/mol. The van der Waals surface area contributed by atoms with Crippen LogP contribution in [0.2, 0.25) is 0 Å². The summed E-state index contributed by atoms with van der Waals surface area (Å²) in [5.41, 5.74) is 6.19. The number of aromatic amines is 2. The fraction of sp³-hybridized carbons (Fsp3) is 0.422. The van der Waals surface area contributed by atoms with E-state index in [4.69, 9.17) is 9.97 Å². The van der Waals surface area contributed by atoms with E-state index in [9.17, 15) is 0 Å². The van der Waals surface area contributed by atoms with Crippen LogP contribution in [-0.4, -0.2) is 46.1 Å². The van der Waals surface area contributed by atoms with E-state index in [-0.39, 0.29) is 28.9 Å². The molecule has 5 aliphatic rings. The molecule has 12 heteroatoms. The van der Waals surface area contributed by atoms with Crippen molar-refractivity contribution < 1.29 is 17.6 Å². The van der Waals surface area contributed by atoms with Gasteiger partial charge in [-0.3, -0.25) is 0 Å². The van der Waals surface area contributed by atoms with E-state index in [2.05, 4.69) is 44.9 Å². The summed E-state index contributed by atoms with van der Waals surface area (Å²) in [5, 5.41) is 6.89. The molecule has 1 spiro atoms. The van der Waals surface area contributed by atoms with Gasteiger partial charge in [0.1, 0.15) is 29.0 Å². The fourth-order valence-electron chi connectivity index (χ4n) is 11.0. The second-order valence-corrected chi connectivity index (χ2v) is 17.0. The average molecular weight is 775 g/mol. The summed E-state index contributed by atoms with van der Waals surface area (Å²) in [6.45, 7) is 2.88. The van der Waals surface area contributed by atoms with Gasteiger partial charge in [0.15, 0.2) is 11.6 Å². The molecule has 0 radical (unpaired) electrons. The number of hydrogen-bond acceptors (Lipinski definition) is 6. The Labute approximate surface area is 328 Å². The molecule has 57 heavy (non-hydrogen) atoms. The van der Waals surface area contributed by atoms with E-state index in [0.29, 0.717) is 59.1 Å². The largest absolute Gasteiger partial charge is 0.367 e. The van der Waals surface area contributed by atoms with E-state index in [0.717, 1.165) is 76.1 Å². The third-order valence-electron chi connectivity index (χ3n) is 13.9. The zero-order chi connectivity index (χ0) is 38.4. The van der Waals surface area contributed by atoms with Gasteiger partial charge in [-0.15, -0.1) is 0 Å². The second-order valence-electron chi connectivity index (χ2n) is 17.0. The molecule has 0 bridgehead atoms. The molecule has 4 aliphatic heterocycles. The van der Waals surface area contributed by atoms with Crippen molar-refractivity contribution in [1.29, 1.82) is 0 Å². The predicted octanol–water partition coefficient (Wildman–Crippen LogP) is 9.41. The van der Waals surface area contributed by atoms with Crippen molar-refractivity contribution in [2.75, 3.05) is 36.0 Å². The smallest absolute Gasteiger partial charge is 0.151 e. The lowest BCUT2D eigenvalue weighted by Gasteiger charge is -2.41. The van der Waals surface area contributed by atoms with Gasteiger partial charge in [0, 0.05) is 42.0 Å². The number of anilines is 2. The number of aryl methyl sites for hydroxylation is 1. The Balaban J connectivity index is 0.966. The molecule has 4 N–H and O–H groups in total. The van der Waals surface area contributed by atoms with E-state index < -0.39 is 35.4 Å². The molecule has 4 saturated heterocycles. The quantitative estimate of drug-likeness (QED) is 0.126. The lowest BCUT2D eigenvalue weighted by Crippen LogP contribution is -2.42. The van der Waals surface area contributed by atoms with Crippen molar-refractivity contribution in [2.24, 2.45) is 0 Å². The molecule has 0 saturated carbocycles. The van der Waals surface area contributed by atoms with Crippen LogP contribution in [0.1, 0.15) is 116 Å². The number of nitrogens with zero attached hydrogens (tertiary/aromatic N) is 4. The summed E-state index contributed by atoms with van der Waals surface area (Å²) in [5.74, 6) is -0.725. The van der Waals surface area contributed by atoms with E-state index >= 15 is 17.6 Å². The van der Waals surface area contributed by atoms with Gasteiger partial charge in [0.05, 0.1) is 46.2 Å². The number of aromatic nitrogens is 4. The van der Waals surface area contributed by atoms with Crippen LogP contribution in [0.4, 0.5) is 28.9 Å². The van der Waals surface area contributed by atoms with Gasteiger partial charge in [0.2, 0.25) is 0 Å². The highest BCUT2D eigenvalue weighted by atomic mass is 19.1. The SMILES string of the molecule is Fc1cc2nc([C@@H]3CCCN3)[nH]c2cc1[C@H]1CC[C@@H](c2cc3[nH]c([C@@H]4CCCN4)nc3cc2F)N1c1cc(F)c(N2CCC3(CCc4ccccc43)CC2)c(F)c1. The highest BCUT2D eigenvalue weighted by molar-refractivity contribution is 5.78. The molecule has 8 nitrogen and oxygen atoms in total. The maximum absolute atomic E-state index is 16.6. The first-order valence-corrected chi connectivity index (χ1v) is 20.8. The number of piperidine rings is 1. The summed E-state index contributed by atoms with van der Waals surface area (Å²) in [4.78, 5) is 19.9. The van der Waals surface area contributed by atoms with Gasteiger partial charge in [-0.2, -0.15) is 0 Å². The minimum atomic E-state index is -0.673. The Bertz CT molecular complexity index is 2380. The van der Waals surface area contributed by atoms with Gasteiger partial charge in [-0.1, -0.05) is 24.3 Å². The van der Waals surface area contributed by atoms with Crippen LogP contribution in [0.15, 0.2) is 60.7 Å². The summed E-state index contributed by atoms with van der Waals surface area (Å²) in [6, 6.07) is 16.6. The van der Waals surface area contributed by atoms with Gasteiger partial charge >= 0.3 is 0 Å². The Morgan fingerprint density at radius 2 is 1.19 bits per heavy atom. The van der Waals surface area contributed by atoms with E-state index in [1.807, 2.05) is 9.80 Å². The molecule has 2 aromatic heterocycles. The Hall–Kier alpha value is -4.94. The first-order valence-electron chi connectivity index (χ1n) is 20.8. The first kappa shape index (κ1) is 35.2. The molecule has 4 aromatic carbocycles. The molecule has 11 rings (SSSR count). The molecule has 294 valence electrons. The topological polar surface area (TPSA) is 87.9 Å². The van der Waals surface area contributed by atoms with E-state index in [1.54, 1.807) is 12.1 Å². The maximum atomic E-state index is 16.6. The molecule has 4 atom stereocenters. The number of fused-ring (bicyclic) bond motifs is 4. The number of nitrogens with one attached hydrogen (secondary N) is 4. The number of H-pyrrole nitrogens is 2. The number of imidazole rings is 2. The van der Waals surface area contributed by atoms with Gasteiger partial charge in [-0.05, 0) is 118 Å². The maximum Gasteiger partial charge on any atom is 0.151 e.